The van der Waals surface area contributed by atoms with E-state index in [4.69, 9.17) is 4.74 Å². The molecule has 1 unspecified atom stereocenters. The topological polar surface area (TPSA) is 59.3 Å². The lowest BCUT2D eigenvalue weighted by molar-refractivity contribution is 0.145. The van der Waals surface area contributed by atoms with Gasteiger partial charge in [0.05, 0.1) is 19.0 Å². The van der Waals surface area contributed by atoms with Crippen LogP contribution in [0, 0.1) is 11.8 Å². The van der Waals surface area contributed by atoms with Crippen molar-refractivity contribution in [2.45, 2.75) is 50.9 Å². The number of nitrogens with zero attached hydrogens (tertiary/aromatic N) is 2. The number of imidazole rings is 1. The van der Waals surface area contributed by atoms with Gasteiger partial charge in [0.25, 0.3) is 0 Å². The largest absolute Gasteiger partial charge is 0.493 e. The minimum absolute atomic E-state index is 0.157. The average Bonchev–Trinajstić information content (AvgIpc) is 3.19. The van der Waals surface area contributed by atoms with Gasteiger partial charge in [-0.3, -0.25) is 0 Å². The van der Waals surface area contributed by atoms with Crippen molar-refractivity contribution in [3.63, 3.8) is 0 Å². The Morgan fingerprint density at radius 3 is 2.96 bits per heavy atom. The van der Waals surface area contributed by atoms with E-state index in [1.807, 2.05) is 24.7 Å². The van der Waals surface area contributed by atoms with Crippen LogP contribution in [0.15, 0.2) is 43.0 Å². The molecule has 1 aromatic carbocycles. The van der Waals surface area contributed by atoms with E-state index < -0.39 is 0 Å². The minimum atomic E-state index is -0.275. The molecule has 0 bridgehead atoms. The quantitative estimate of drug-likeness (QED) is 0.775. The maximum Gasteiger partial charge on any atom is 0.119 e. The second-order valence-electron chi connectivity index (χ2n) is 7.55. The molecule has 2 fully saturated rings. The molecule has 2 N–H and O–H groups in total. The number of benzene rings is 1. The van der Waals surface area contributed by atoms with Gasteiger partial charge in [-0.15, -0.1) is 0 Å². The summed E-state index contributed by atoms with van der Waals surface area (Å²) in [5.74, 6) is 2.22. The van der Waals surface area contributed by atoms with Crippen molar-refractivity contribution in [1.29, 1.82) is 0 Å². The van der Waals surface area contributed by atoms with Gasteiger partial charge in [0.2, 0.25) is 0 Å². The summed E-state index contributed by atoms with van der Waals surface area (Å²) in [6.07, 6.45) is 9.82. The molecule has 5 heteroatoms. The van der Waals surface area contributed by atoms with Crippen molar-refractivity contribution in [2.24, 2.45) is 11.8 Å². The Morgan fingerprint density at radius 1 is 1.24 bits per heavy atom. The van der Waals surface area contributed by atoms with Gasteiger partial charge in [-0.05, 0) is 55.2 Å². The molecule has 0 radical (unpaired) electrons. The van der Waals surface area contributed by atoms with Crippen LogP contribution >= 0.6 is 0 Å². The summed E-state index contributed by atoms with van der Waals surface area (Å²) in [7, 11) is 0. The zero-order chi connectivity index (χ0) is 17.1. The average molecular weight is 341 g/mol. The molecule has 134 valence electrons. The molecule has 3 atom stereocenters. The van der Waals surface area contributed by atoms with E-state index in [-0.39, 0.29) is 12.1 Å². The fourth-order valence-corrected chi connectivity index (χ4v) is 3.67. The third-order valence-corrected chi connectivity index (χ3v) is 5.30. The summed E-state index contributed by atoms with van der Waals surface area (Å²) < 4.78 is 7.95. The summed E-state index contributed by atoms with van der Waals surface area (Å²) in [5.41, 5.74) is 1.21. The van der Waals surface area contributed by atoms with E-state index in [1.54, 1.807) is 6.20 Å². The highest BCUT2D eigenvalue weighted by Crippen LogP contribution is 2.30. The fraction of sp³-hybridized carbons (Fsp3) is 0.550. The Hall–Kier alpha value is -1.85. The summed E-state index contributed by atoms with van der Waals surface area (Å²) in [5, 5.41) is 13.9. The van der Waals surface area contributed by atoms with Crippen LogP contribution in [0.5, 0.6) is 5.75 Å². The number of ether oxygens (including phenoxy) is 1. The van der Waals surface area contributed by atoms with Crippen LogP contribution in [-0.2, 0) is 13.1 Å². The third kappa shape index (κ3) is 4.61. The molecule has 5 nitrogen and oxygen atoms in total. The molecule has 0 spiro atoms. The lowest BCUT2D eigenvalue weighted by atomic mass is 10.1. The SMILES string of the molecule is O[C@@H]1CC(Cn2ccnc2)C[C@H]1NCc1cccc(OCC2CC2)c1. The van der Waals surface area contributed by atoms with Crippen molar-refractivity contribution in [1.82, 2.24) is 14.9 Å². The van der Waals surface area contributed by atoms with E-state index in [2.05, 4.69) is 27.0 Å². The highest BCUT2D eigenvalue weighted by molar-refractivity contribution is 5.28. The first-order valence-corrected chi connectivity index (χ1v) is 9.35. The van der Waals surface area contributed by atoms with Gasteiger partial charge >= 0.3 is 0 Å². The summed E-state index contributed by atoms with van der Waals surface area (Å²) in [4.78, 5) is 4.09. The molecule has 2 aliphatic rings. The van der Waals surface area contributed by atoms with Gasteiger partial charge in [0.1, 0.15) is 5.75 Å². The van der Waals surface area contributed by atoms with Gasteiger partial charge in [-0.25, -0.2) is 4.98 Å². The standard InChI is InChI=1S/C20H27N3O2/c24-20-10-17(12-23-7-6-21-14-23)9-19(20)22-11-16-2-1-3-18(8-16)25-13-15-4-5-15/h1-3,6-8,14-15,17,19-20,22,24H,4-5,9-13H2/t17?,19-,20-/m1/s1. The molecular formula is C20H27N3O2. The molecule has 4 rings (SSSR count). The van der Waals surface area contributed by atoms with Crippen molar-refractivity contribution in [3.8, 4) is 5.75 Å². The number of aliphatic hydroxyl groups is 1. The predicted octanol–water partition coefficient (Wildman–Crippen LogP) is 2.60. The first-order valence-electron chi connectivity index (χ1n) is 9.35. The molecule has 2 aromatic rings. The second kappa shape index (κ2) is 7.58. The molecule has 1 heterocycles. The van der Waals surface area contributed by atoms with E-state index in [1.165, 1.54) is 18.4 Å². The summed E-state index contributed by atoms with van der Waals surface area (Å²) in [6, 6.07) is 8.45. The molecular weight excluding hydrogens is 314 g/mol. The Balaban J connectivity index is 1.26. The first kappa shape index (κ1) is 16.6. The van der Waals surface area contributed by atoms with Gasteiger partial charge in [0, 0.05) is 31.5 Å². The fourth-order valence-electron chi connectivity index (χ4n) is 3.67. The van der Waals surface area contributed by atoms with Gasteiger partial charge < -0.3 is 19.7 Å². The smallest absolute Gasteiger partial charge is 0.119 e. The Labute approximate surface area is 149 Å². The number of nitrogens with one attached hydrogen (secondary N) is 1. The number of hydrogen-bond acceptors (Lipinski definition) is 4. The molecule has 0 amide bonds. The maximum atomic E-state index is 10.4. The van der Waals surface area contributed by atoms with Crippen LogP contribution in [0.4, 0.5) is 0 Å². The minimum Gasteiger partial charge on any atom is -0.493 e. The van der Waals surface area contributed by atoms with Crippen LogP contribution in [0.25, 0.3) is 0 Å². The number of aromatic nitrogens is 2. The molecule has 2 saturated carbocycles. The highest BCUT2D eigenvalue weighted by atomic mass is 16.5. The number of aliphatic hydroxyl groups excluding tert-OH is 1. The van der Waals surface area contributed by atoms with E-state index in [9.17, 15) is 5.11 Å². The summed E-state index contributed by atoms with van der Waals surface area (Å²) >= 11 is 0. The molecule has 25 heavy (non-hydrogen) atoms. The van der Waals surface area contributed by atoms with E-state index in [0.717, 1.165) is 44.2 Å². The van der Waals surface area contributed by atoms with Crippen LogP contribution in [0.1, 0.15) is 31.2 Å². The van der Waals surface area contributed by atoms with Crippen LogP contribution in [0.2, 0.25) is 0 Å². The molecule has 2 aliphatic carbocycles. The Kier molecular flexibility index (Phi) is 5.04. The molecule has 0 saturated heterocycles. The number of hydrogen-bond donors (Lipinski definition) is 2. The van der Waals surface area contributed by atoms with Gasteiger partial charge in [-0.1, -0.05) is 12.1 Å². The van der Waals surface area contributed by atoms with Gasteiger partial charge in [-0.2, -0.15) is 0 Å². The third-order valence-electron chi connectivity index (χ3n) is 5.30. The lowest BCUT2D eigenvalue weighted by Gasteiger charge is -2.17. The van der Waals surface area contributed by atoms with E-state index >= 15 is 0 Å². The predicted molar refractivity (Wildman–Crippen MR) is 96.2 cm³/mol. The second-order valence-corrected chi connectivity index (χ2v) is 7.55. The monoisotopic (exact) mass is 341 g/mol. The van der Waals surface area contributed by atoms with Crippen molar-refractivity contribution in [2.75, 3.05) is 6.61 Å². The van der Waals surface area contributed by atoms with Crippen molar-refractivity contribution in [3.05, 3.63) is 48.5 Å². The molecule has 1 aromatic heterocycles. The zero-order valence-electron chi connectivity index (χ0n) is 14.6. The van der Waals surface area contributed by atoms with Crippen LogP contribution in [-0.4, -0.2) is 33.4 Å². The number of rotatable bonds is 8. The van der Waals surface area contributed by atoms with Crippen LogP contribution < -0.4 is 10.1 Å². The summed E-state index contributed by atoms with van der Waals surface area (Å²) in [6.45, 7) is 2.54. The van der Waals surface area contributed by atoms with Gasteiger partial charge in [0.15, 0.2) is 0 Å². The van der Waals surface area contributed by atoms with Crippen molar-refractivity contribution < 1.29 is 9.84 Å². The van der Waals surface area contributed by atoms with E-state index in [0.29, 0.717) is 5.92 Å². The van der Waals surface area contributed by atoms with Crippen molar-refractivity contribution >= 4 is 0 Å². The molecule has 0 aliphatic heterocycles. The normalized spacial score (nSPS) is 26.0. The highest BCUT2D eigenvalue weighted by Gasteiger charge is 2.32. The Bertz CT molecular complexity index is 669. The lowest BCUT2D eigenvalue weighted by Crippen LogP contribution is -2.35. The first-order chi connectivity index (χ1) is 12.3. The Morgan fingerprint density at radius 2 is 2.16 bits per heavy atom. The zero-order valence-corrected chi connectivity index (χ0v) is 14.6. The maximum absolute atomic E-state index is 10.4. The van der Waals surface area contributed by atoms with Crippen LogP contribution in [0.3, 0.4) is 0 Å².